The van der Waals surface area contributed by atoms with E-state index in [9.17, 15) is 0 Å². The Bertz CT molecular complexity index is 308. The number of ether oxygens (including phenoxy) is 1. The summed E-state index contributed by atoms with van der Waals surface area (Å²) >= 11 is 0. The molecule has 1 aromatic carbocycles. The maximum Gasteiger partial charge on any atom is 0.0650 e. The predicted molar refractivity (Wildman–Crippen MR) is 74.0 cm³/mol. The number of rotatable bonds is 8. The van der Waals surface area contributed by atoms with Crippen molar-refractivity contribution in [3.05, 3.63) is 42.0 Å². The van der Waals surface area contributed by atoms with E-state index in [1.54, 1.807) is 0 Å². The zero-order valence-electron chi connectivity index (χ0n) is 10.9. The van der Waals surface area contributed by atoms with E-state index in [0.29, 0.717) is 12.5 Å². The molecule has 0 aromatic heterocycles. The first kappa shape index (κ1) is 13.9. The molecule has 0 spiro atoms. The number of hydrogen-bond acceptors (Lipinski definition) is 2. The molecule has 0 aliphatic carbocycles. The first-order chi connectivity index (χ1) is 8.33. The van der Waals surface area contributed by atoms with Gasteiger partial charge >= 0.3 is 0 Å². The van der Waals surface area contributed by atoms with E-state index >= 15 is 0 Å². The van der Waals surface area contributed by atoms with Crippen LogP contribution in [0.1, 0.15) is 19.4 Å². The van der Waals surface area contributed by atoms with Gasteiger partial charge in [-0.25, -0.2) is 0 Å². The normalized spacial score (nSPS) is 13.1. The van der Waals surface area contributed by atoms with Crippen LogP contribution in [0.2, 0.25) is 0 Å². The minimum Gasteiger partial charge on any atom is -0.377 e. The van der Waals surface area contributed by atoms with Gasteiger partial charge in [-0.3, -0.25) is 0 Å². The Balaban J connectivity index is 2.10. The van der Waals surface area contributed by atoms with Gasteiger partial charge in [-0.2, -0.15) is 0 Å². The fraction of sp³-hybridized carbons (Fsp3) is 0.467. The van der Waals surface area contributed by atoms with Gasteiger partial charge < -0.3 is 10.1 Å². The van der Waals surface area contributed by atoms with E-state index in [1.807, 2.05) is 18.2 Å². The van der Waals surface area contributed by atoms with E-state index in [2.05, 4.69) is 43.4 Å². The lowest BCUT2D eigenvalue weighted by Crippen LogP contribution is -2.23. The molecule has 1 atom stereocenters. The maximum atomic E-state index is 5.59. The van der Waals surface area contributed by atoms with Gasteiger partial charge in [0.15, 0.2) is 0 Å². The molecule has 94 valence electrons. The molecule has 1 aromatic rings. The summed E-state index contributed by atoms with van der Waals surface area (Å²) in [5.74, 6) is 0.570. The van der Waals surface area contributed by atoms with E-state index in [1.165, 1.54) is 5.56 Å². The highest BCUT2D eigenvalue weighted by Crippen LogP contribution is 2.01. The number of hydrogen-bond donors (Lipinski definition) is 1. The van der Waals surface area contributed by atoms with E-state index in [0.717, 1.165) is 19.7 Å². The van der Waals surface area contributed by atoms with Crippen molar-refractivity contribution in [3.63, 3.8) is 0 Å². The van der Waals surface area contributed by atoms with Crippen LogP contribution in [0.25, 0.3) is 6.08 Å². The van der Waals surface area contributed by atoms with Gasteiger partial charge in [-0.15, -0.1) is 0 Å². The van der Waals surface area contributed by atoms with Gasteiger partial charge in [0, 0.05) is 0 Å². The van der Waals surface area contributed by atoms with Crippen LogP contribution >= 0.6 is 0 Å². The Hall–Kier alpha value is -1.12. The van der Waals surface area contributed by atoms with E-state index < -0.39 is 0 Å². The van der Waals surface area contributed by atoms with Crippen molar-refractivity contribution < 1.29 is 4.74 Å². The molecule has 0 bridgehead atoms. The summed E-state index contributed by atoms with van der Waals surface area (Å²) in [6.45, 7) is 7.87. The summed E-state index contributed by atoms with van der Waals surface area (Å²) in [6.07, 6.45) is 4.16. The second-order valence-electron chi connectivity index (χ2n) is 4.26. The maximum absolute atomic E-state index is 5.59. The monoisotopic (exact) mass is 233 g/mol. The zero-order valence-corrected chi connectivity index (χ0v) is 10.9. The van der Waals surface area contributed by atoms with Crippen LogP contribution in [0, 0.1) is 5.92 Å². The zero-order chi connectivity index (χ0) is 12.3. The first-order valence-electron chi connectivity index (χ1n) is 6.33. The van der Waals surface area contributed by atoms with Gasteiger partial charge in [0.25, 0.3) is 0 Å². The minimum absolute atomic E-state index is 0.570. The molecular weight excluding hydrogens is 210 g/mol. The topological polar surface area (TPSA) is 21.3 Å². The van der Waals surface area contributed by atoms with Crippen molar-refractivity contribution in [2.24, 2.45) is 5.92 Å². The molecule has 0 heterocycles. The van der Waals surface area contributed by atoms with Crippen LogP contribution in [0.15, 0.2) is 36.4 Å². The Labute approximate surface area is 105 Å². The third-order valence-corrected chi connectivity index (χ3v) is 2.47. The molecule has 2 heteroatoms. The van der Waals surface area contributed by atoms with Crippen LogP contribution < -0.4 is 5.32 Å². The highest BCUT2D eigenvalue weighted by molar-refractivity contribution is 5.48. The van der Waals surface area contributed by atoms with Crippen molar-refractivity contribution >= 4 is 6.08 Å². The second kappa shape index (κ2) is 8.97. The van der Waals surface area contributed by atoms with Gasteiger partial charge in [-0.1, -0.05) is 56.3 Å². The quantitative estimate of drug-likeness (QED) is 0.697. The Morgan fingerprint density at radius 2 is 2.06 bits per heavy atom. The van der Waals surface area contributed by atoms with Crippen LogP contribution in [-0.2, 0) is 4.74 Å². The third kappa shape index (κ3) is 6.93. The molecule has 0 amide bonds. The minimum atomic E-state index is 0.570. The van der Waals surface area contributed by atoms with Crippen molar-refractivity contribution in [2.75, 3.05) is 26.3 Å². The van der Waals surface area contributed by atoms with Crippen LogP contribution in [-0.4, -0.2) is 26.3 Å². The fourth-order valence-corrected chi connectivity index (χ4v) is 1.54. The fourth-order valence-electron chi connectivity index (χ4n) is 1.54. The average Bonchev–Trinajstić information content (AvgIpc) is 2.37. The molecule has 2 nitrogen and oxygen atoms in total. The molecule has 0 aliphatic heterocycles. The Morgan fingerprint density at radius 3 is 2.76 bits per heavy atom. The number of nitrogens with one attached hydrogen (secondary N) is 1. The van der Waals surface area contributed by atoms with Crippen LogP contribution in [0.5, 0.6) is 0 Å². The molecule has 0 fully saturated rings. The summed E-state index contributed by atoms with van der Waals surface area (Å²) in [5, 5.41) is 3.32. The van der Waals surface area contributed by atoms with Gasteiger partial charge in [0.1, 0.15) is 0 Å². The van der Waals surface area contributed by atoms with Crippen molar-refractivity contribution in [1.82, 2.24) is 5.32 Å². The molecule has 0 radical (unpaired) electrons. The van der Waals surface area contributed by atoms with Crippen LogP contribution in [0.3, 0.4) is 0 Å². The largest absolute Gasteiger partial charge is 0.377 e. The summed E-state index contributed by atoms with van der Waals surface area (Å²) in [6, 6.07) is 10.3. The number of benzene rings is 1. The molecule has 0 saturated heterocycles. The van der Waals surface area contributed by atoms with Crippen molar-refractivity contribution in [3.8, 4) is 0 Å². The molecule has 1 rings (SSSR count). The third-order valence-electron chi connectivity index (χ3n) is 2.47. The Kier molecular flexibility index (Phi) is 7.35. The second-order valence-corrected chi connectivity index (χ2v) is 4.26. The summed E-state index contributed by atoms with van der Waals surface area (Å²) in [7, 11) is 0. The highest BCUT2D eigenvalue weighted by Gasteiger charge is 1.99. The van der Waals surface area contributed by atoms with E-state index in [-0.39, 0.29) is 0 Å². The predicted octanol–water partition coefficient (Wildman–Crippen LogP) is 2.96. The summed E-state index contributed by atoms with van der Waals surface area (Å²) in [4.78, 5) is 0. The standard InChI is InChI=1S/C15H23NO/c1-3-16-12-14(2)13-17-11-7-10-15-8-5-4-6-9-15/h4-10,14,16H,3,11-13H2,1-2H3/b10-7+. The summed E-state index contributed by atoms with van der Waals surface area (Å²) < 4.78 is 5.59. The van der Waals surface area contributed by atoms with E-state index in [4.69, 9.17) is 4.74 Å². The molecule has 0 saturated carbocycles. The molecule has 0 aliphatic rings. The van der Waals surface area contributed by atoms with Crippen LogP contribution in [0.4, 0.5) is 0 Å². The first-order valence-corrected chi connectivity index (χ1v) is 6.33. The summed E-state index contributed by atoms with van der Waals surface area (Å²) in [5.41, 5.74) is 1.22. The van der Waals surface area contributed by atoms with Gasteiger partial charge in [0.2, 0.25) is 0 Å². The molecule has 1 unspecified atom stereocenters. The lowest BCUT2D eigenvalue weighted by Gasteiger charge is -2.10. The van der Waals surface area contributed by atoms with Crippen molar-refractivity contribution in [2.45, 2.75) is 13.8 Å². The lowest BCUT2D eigenvalue weighted by atomic mass is 10.2. The van der Waals surface area contributed by atoms with Crippen molar-refractivity contribution in [1.29, 1.82) is 0 Å². The van der Waals surface area contributed by atoms with Gasteiger partial charge in [-0.05, 0) is 24.6 Å². The highest BCUT2D eigenvalue weighted by atomic mass is 16.5. The molecular formula is C15H23NO. The molecule has 1 N–H and O–H groups in total. The smallest absolute Gasteiger partial charge is 0.0650 e. The Morgan fingerprint density at radius 1 is 1.29 bits per heavy atom. The SMILES string of the molecule is CCNCC(C)COC/C=C/c1ccccc1. The average molecular weight is 233 g/mol. The molecule has 17 heavy (non-hydrogen) atoms. The van der Waals surface area contributed by atoms with Gasteiger partial charge in [0.05, 0.1) is 13.2 Å². The lowest BCUT2D eigenvalue weighted by molar-refractivity contribution is 0.129.